The third kappa shape index (κ3) is 2.74. The van der Waals surface area contributed by atoms with Gasteiger partial charge in [0.05, 0.1) is 18.1 Å². The monoisotopic (exact) mass is 313 g/mol. The summed E-state index contributed by atoms with van der Waals surface area (Å²) in [5.41, 5.74) is 0.0372. The Bertz CT molecular complexity index is 797. The molecule has 1 aliphatic heterocycles. The second kappa shape index (κ2) is 5.77. The Kier molecular flexibility index (Phi) is 3.61. The van der Waals surface area contributed by atoms with Crippen LogP contribution in [0.25, 0.3) is 10.8 Å². The van der Waals surface area contributed by atoms with Crippen LogP contribution in [0.3, 0.4) is 0 Å². The van der Waals surface area contributed by atoms with Gasteiger partial charge in [0.25, 0.3) is 11.5 Å². The molecule has 23 heavy (non-hydrogen) atoms. The van der Waals surface area contributed by atoms with Crippen molar-refractivity contribution in [2.45, 2.75) is 25.4 Å². The maximum absolute atomic E-state index is 12.9. The van der Waals surface area contributed by atoms with E-state index in [1.54, 1.807) is 23.1 Å². The molecule has 1 aliphatic carbocycles. The maximum atomic E-state index is 12.9. The van der Waals surface area contributed by atoms with Crippen molar-refractivity contribution in [1.29, 1.82) is 0 Å². The Hall–Kier alpha value is -2.21. The van der Waals surface area contributed by atoms with Crippen LogP contribution in [0.5, 0.6) is 0 Å². The molecule has 6 heteroatoms. The van der Waals surface area contributed by atoms with Crippen molar-refractivity contribution >= 4 is 16.7 Å². The van der Waals surface area contributed by atoms with Gasteiger partial charge in [0.15, 0.2) is 5.69 Å². The third-order valence-corrected chi connectivity index (χ3v) is 4.71. The lowest BCUT2D eigenvalue weighted by Gasteiger charge is -2.19. The van der Waals surface area contributed by atoms with Crippen LogP contribution >= 0.6 is 0 Å². The normalized spacial score (nSPS) is 22.1. The molecular weight excluding hydrogens is 294 g/mol. The molecule has 4 rings (SSSR count). The summed E-state index contributed by atoms with van der Waals surface area (Å²) in [5.74, 6) is 0.537. The number of aromatic nitrogens is 2. The summed E-state index contributed by atoms with van der Waals surface area (Å²) in [4.78, 5) is 26.5. The van der Waals surface area contributed by atoms with Crippen LogP contribution < -0.4 is 5.56 Å². The van der Waals surface area contributed by atoms with Gasteiger partial charge in [-0.2, -0.15) is 5.10 Å². The Balaban J connectivity index is 1.61. The number of hydrogen-bond donors (Lipinski definition) is 1. The second-order valence-corrected chi connectivity index (χ2v) is 6.27. The number of fused-ring (bicyclic) bond motifs is 1. The molecule has 120 valence electrons. The van der Waals surface area contributed by atoms with Crippen LogP contribution in [-0.2, 0) is 4.74 Å². The number of ether oxygens (including phenoxy) is 1. The first-order valence-electron chi connectivity index (χ1n) is 8.12. The third-order valence-electron chi connectivity index (χ3n) is 4.71. The molecule has 2 aromatic rings. The minimum absolute atomic E-state index is 0.141. The van der Waals surface area contributed by atoms with Gasteiger partial charge < -0.3 is 9.64 Å². The Labute approximate surface area is 133 Å². The van der Waals surface area contributed by atoms with Gasteiger partial charge in [0, 0.05) is 18.5 Å². The molecule has 1 aromatic heterocycles. The maximum Gasteiger partial charge on any atom is 0.275 e. The Morgan fingerprint density at radius 1 is 1.17 bits per heavy atom. The van der Waals surface area contributed by atoms with Gasteiger partial charge in [-0.05, 0) is 31.2 Å². The van der Waals surface area contributed by atoms with E-state index in [9.17, 15) is 9.59 Å². The lowest BCUT2D eigenvalue weighted by atomic mass is 10.1. The molecule has 2 fully saturated rings. The molecule has 0 bridgehead atoms. The molecule has 2 heterocycles. The van der Waals surface area contributed by atoms with E-state index in [-0.39, 0.29) is 17.6 Å². The number of rotatable bonds is 2. The molecule has 2 aliphatic rings. The van der Waals surface area contributed by atoms with E-state index in [0.29, 0.717) is 42.1 Å². The summed E-state index contributed by atoms with van der Waals surface area (Å²) >= 11 is 0. The van der Waals surface area contributed by atoms with Gasteiger partial charge in [-0.15, -0.1) is 0 Å². The van der Waals surface area contributed by atoms with Crippen molar-refractivity contribution in [3.05, 3.63) is 40.3 Å². The van der Waals surface area contributed by atoms with Crippen molar-refractivity contribution < 1.29 is 9.53 Å². The molecule has 1 aromatic carbocycles. The Morgan fingerprint density at radius 2 is 1.96 bits per heavy atom. The number of hydrogen-bond acceptors (Lipinski definition) is 4. The van der Waals surface area contributed by atoms with E-state index in [1.807, 2.05) is 6.07 Å². The van der Waals surface area contributed by atoms with Crippen LogP contribution in [-0.4, -0.2) is 46.8 Å². The zero-order valence-electron chi connectivity index (χ0n) is 12.8. The lowest BCUT2D eigenvalue weighted by Crippen LogP contribution is -2.34. The van der Waals surface area contributed by atoms with Crippen molar-refractivity contribution in [2.75, 3.05) is 19.7 Å². The second-order valence-electron chi connectivity index (χ2n) is 6.27. The fourth-order valence-electron chi connectivity index (χ4n) is 3.26. The average Bonchev–Trinajstić information content (AvgIpc) is 3.41. The Morgan fingerprint density at radius 3 is 2.74 bits per heavy atom. The molecule has 1 atom stereocenters. The summed E-state index contributed by atoms with van der Waals surface area (Å²) < 4.78 is 5.88. The number of nitrogens with zero attached hydrogens (tertiary/aromatic N) is 2. The number of H-pyrrole nitrogens is 1. The first-order valence-corrected chi connectivity index (χ1v) is 8.12. The summed E-state index contributed by atoms with van der Waals surface area (Å²) in [7, 11) is 0. The predicted octanol–water partition coefficient (Wildman–Crippen LogP) is 1.56. The first-order chi connectivity index (χ1) is 11.2. The zero-order valence-corrected chi connectivity index (χ0v) is 12.8. The van der Waals surface area contributed by atoms with Crippen molar-refractivity contribution in [3.63, 3.8) is 0 Å². The molecule has 1 amide bonds. The minimum atomic E-state index is -0.273. The van der Waals surface area contributed by atoms with Crippen LogP contribution in [0.4, 0.5) is 0 Å². The van der Waals surface area contributed by atoms with Gasteiger partial charge >= 0.3 is 0 Å². The molecule has 6 nitrogen and oxygen atoms in total. The smallest absolute Gasteiger partial charge is 0.275 e. The summed E-state index contributed by atoms with van der Waals surface area (Å²) in [5, 5.41) is 7.54. The average molecular weight is 313 g/mol. The van der Waals surface area contributed by atoms with Gasteiger partial charge in [0.2, 0.25) is 0 Å². The highest BCUT2D eigenvalue weighted by molar-refractivity contribution is 6.04. The fraction of sp³-hybridized carbons (Fsp3) is 0.471. The van der Waals surface area contributed by atoms with Crippen LogP contribution in [0.15, 0.2) is 29.1 Å². The van der Waals surface area contributed by atoms with E-state index in [0.717, 1.165) is 6.42 Å². The number of amides is 1. The largest absolute Gasteiger partial charge is 0.376 e. The molecule has 1 unspecified atom stereocenters. The molecule has 1 saturated heterocycles. The van der Waals surface area contributed by atoms with Crippen LogP contribution in [0.1, 0.15) is 29.8 Å². The number of nitrogens with one attached hydrogen (secondary N) is 1. The van der Waals surface area contributed by atoms with E-state index in [4.69, 9.17) is 4.74 Å². The van der Waals surface area contributed by atoms with Crippen molar-refractivity contribution in [2.24, 2.45) is 5.92 Å². The topological polar surface area (TPSA) is 75.3 Å². The van der Waals surface area contributed by atoms with Crippen LogP contribution in [0, 0.1) is 5.92 Å². The SMILES string of the molecule is O=C(c1n[nH]c(=O)c2ccccc12)N1CCOC(C2CC2)CC1. The van der Waals surface area contributed by atoms with Crippen molar-refractivity contribution in [3.8, 4) is 0 Å². The summed E-state index contributed by atoms with van der Waals surface area (Å²) in [6, 6.07) is 7.08. The molecule has 0 spiro atoms. The van der Waals surface area contributed by atoms with Gasteiger partial charge in [-0.3, -0.25) is 9.59 Å². The number of carbonyl (C=O) groups excluding carboxylic acids is 1. The highest BCUT2D eigenvalue weighted by atomic mass is 16.5. The van der Waals surface area contributed by atoms with Crippen molar-refractivity contribution in [1.82, 2.24) is 15.1 Å². The first kappa shape index (κ1) is 14.4. The van der Waals surface area contributed by atoms with Gasteiger partial charge in [0.1, 0.15) is 0 Å². The highest BCUT2D eigenvalue weighted by Crippen LogP contribution is 2.36. The standard InChI is InChI=1S/C17H19N3O3/c21-16-13-4-2-1-3-12(13)15(18-19-16)17(22)20-8-7-14(11-5-6-11)23-10-9-20/h1-4,11,14H,5-10H2,(H,19,21). The predicted molar refractivity (Wildman–Crippen MR) is 85.3 cm³/mol. The number of aromatic amines is 1. The number of benzene rings is 1. The van der Waals surface area contributed by atoms with Gasteiger partial charge in [-0.25, -0.2) is 5.10 Å². The summed E-state index contributed by atoms with van der Waals surface area (Å²) in [6.07, 6.45) is 3.64. The zero-order chi connectivity index (χ0) is 15.8. The minimum Gasteiger partial charge on any atom is -0.376 e. The fourth-order valence-corrected chi connectivity index (χ4v) is 3.26. The highest BCUT2D eigenvalue weighted by Gasteiger charge is 2.34. The van der Waals surface area contributed by atoms with E-state index in [1.165, 1.54) is 12.8 Å². The molecule has 1 saturated carbocycles. The molecule has 0 radical (unpaired) electrons. The van der Waals surface area contributed by atoms with Crippen LogP contribution in [0.2, 0.25) is 0 Å². The van der Waals surface area contributed by atoms with Gasteiger partial charge in [-0.1, -0.05) is 18.2 Å². The van der Waals surface area contributed by atoms with E-state index in [2.05, 4.69) is 10.2 Å². The van der Waals surface area contributed by atoms with E-state index < -0.39 is 0 Å². The quantitative estimate of drug-likeness (QED) is 0.913. The molecule has 1 N–H and O–H groups in total. The number of carbonyl (C=O) groups is 1. The lowest BCUT2D eigenvalue weighted by molar-refractivity contribution is 0.0460. The molecular formula is C17H19N3O3. The summed E-state index contributed by atoms with van der Waals surface area (Å²) in [6.45, 7) is 1.81. The van der Waals surface area contributed by atoms with E-state index >= 15 is 0 Å².